The number of aryl methyl sites for hydroxylation is 1. The fourth-order valence-electron chi connectivity index (χ4n) is 5.50. The lowest BCUT2D eigenvalue weighted by molar-refractivity contribution is 0.0904. The van der Waals surface area contributed by atoms with Gasteiger partial charge in [0.2, 0.25) is 0 Å². The summed E-state index contributed by atoms with van der Waals surface area (Å²) >= 11 is 5.90. The minimum atomic E-state index is -2.88. The van der Waals surface area contributed by atoms with E-state index in [1.807, 2.05) is 25.1 Å². The Morgan fingerprint density at radius 1 is 1.18 bits per heavy atom. The van der Waals surface area contributed by atoms with Gasteiger partial charge in [-0.3, -0.25) is 14.3 Å². The Bertz CT molecular complexity index is 1790. The van der Waals surface area contributed by atoms with Crippen molar-refractivity contribution in [1.29, 1.82) is 0 Å². The minimum Gasteiger partial charge on any atom is -0.356 e. The SMILES string of the molecule is Cc1noc2cc(-n3c(=O)n(CC4CCC(NC(=O)c5cc(Cl)cnc5C(F)F)CC4)c4cccnc43)ccc12. The Morgan fingerprint density at radius 2 is 1.98 bits per heavy atom. The Hall–Kier alpha value is -4.12. The van der Waals surface area contributed by atoms with Gasteiger partial charge in [0, 0.05) is 36.4 Å². The molecule has 5 aromatic rings. The van der Waals surface area contributed by atoms with Crippen LogP contribution in [0.5, 0.6) is 0 Å². The summed E-state index contributed by atoms with van der Waals surface area (Å²) in [6.07, 6.45) is 2.69. The van der Waals surface area contributed by atoms with Crippen molar-refractivity contribution in [2.75, 3.05) is 0 Å². The van der Waals surface area contributed by atoms with Gasteiger partial charge in [0.25, 0.3) is 12.3 Å². The van der Waals surface area contributed by atoms with Gasteiger partial charge in [0.15, 0.2) is 11.2 Å². The molecule has 1 aromatic carbocycles. The fourth-order valence-corrected chi connectivity index (χ4v) is 5.66. The van der Waals surface area contributed by atoms with Crippen LogP contribution in [0.1, 0.15) is 53.9 Å². The number of fused-ring (bicyclic) bond motifs is 2. The van der Waals surface area contributed by atoms with Gasteiger partial charge < -0.3 is 9.84 Å². The highest BCUT2D eigenvalue weighted by Gasteiger charge is 2.27. The lowest BCUT2D eigenvalue weighted by atomic mass is 9.85. The van der Waals surface area contributed by atoms with Crippen molar-refractivity contribution >= 4 is 39.6 Å². The number of amides is 1. The standard InChI is InChI=1S/C28H25ClF2N6O3/c1-15-20-9-8-19(12-23(20)40-35-15)37-26-22(3-2-10-32-26)36(28(37)39)14-16-4-6-18(7-5-16)34-27(38)21-11-17(29)13-33-24(21)25(30)31/h2-3,8-13,16,18,25H,4-7,14H2,1H3,(H,34,38). The largest absolute Gasteiger partial charge is 0.356 e. The van der Waals surface area contributed by atoms with E-state index in [0.717, 1.165) is 35.6 Å². The highest BCUT2D eigenvalue weighted by Crippen LogP contribution is 2.29. The van der Waals surface area contributed by atoms with Crippen molar-refractivity contribution < 1.29 is 18.1 Å². The molecular formula is C28H25ClF2N6O3. The third-order valence-corrected chi connectivity index (χ3v) is 7.75. The van der Waals surface area contributed by atoms with Crippen LogP contribution in [-0.4, -0.2) is 36.2 Å². The quantitative estimate of drug-likeness (QED) is 0.286. The molecule has 0 atom stereocenters. The summed E-state index contributed by atoms with van der Waals surface area (Å²) in [6.45, 7) is 2.35. The molecule has 0 spiro atoms. The second kappa shape index (κ2) is 10.5. The normalized spacial score (nSPS) is 17.6. The molecule has 1 fully saturated rings. The third kappa shape index (κ3) is 4.74. The summed E-state index contributed by atoms with van der Waals surface area (Å²) in [5, 5.41) is 7.86. The van der Waals surface area contributed by atoms with Crippen molar-refractivity contribution in [3.8, 4) is 5.69 Å². The average Bonchev–Trinajstić information content (AvgIpc) is 3.45. The number of nitrogens with zero attached hydrogens (tertiary/aromatic N) is 5. The monoisotopic (exact) mass is 566 g/mol. The van der Waals surface area contributed by atoms with Crippen LogP contribution >= 0.6 is 11.6 Å². The number of rotatable bonds is 6. The van der Waals surface area contributed by atoms with E-state index in [1.165, 1.54) is 6.07 Å². The van der Waals surface area contributed by atoms with E-state index in [-0.39, 0.29) is 28.2 Å². The average molecular weight is 567 g/mol. The number of hydrogen-bond donors (Lipinski definition) is 1. The van der Waals surface area contributed by atoms with Gasteiger partial charge in [-0.15, -0.1) is 0 Å². The first kappa shape index (κ1) is 26.1. The van der Waals surface area contributed by atoms with Crippen molar-refractivity contribution in [1.82, 2.24) is 29.6 Å². The molecule has 1 aliphatic rings. The summed E-state index contributed by atoms with van der Waals surface area (Å²) in [4.78, 5) is 34.6. The molecule has 40 heavy (non-hydrogen) atoms. The van der Waals surface area contributed by atoms with Crippen molar-refractivity contribution in [3.63, 3.8) is 0 Å². The smallest absolute Gasteiger partial charge is 0.334 e. The van der Waals surface area contributed by atoms with Crippen molar-refractivity contribution in [3.05, 3.63) is 81.3 Å². The van der Waals surface area contributed by atoms with E-state index >= 15 is 0 Å². The van der Waals surface area contributed by atoms with Crippen molar-refractivity contribution in [2.45, 2.75) is 51.6 Å². The highest BCUT2D eigenvalue weighted by molar-refractivity contribution is 6.30. The number of aromatic nitrogens is 5. The molecule has 6 rings (SSSR count). The first-order chi connectivity index (χ1) is 19.3. The van der Waals surface area contributed by atoms with Gasteiger partial charge in [-0.2, -0.15) is 0 Å². The molecule has 0 bridgehead atoms. The van der Waals surface area contributed by atoms with E-state index < -0.39 is 18.0 Å². The van der Waals surface area contributed by atoms with Crippen LogP contribution in [0.25, 0.3) is 27.8 Å². The van der Waals surface area contributed by atoms with Gasteiger partial charge in [0.1, 0.15) is 5.69 Å². The molecule has 4 aromatic heterocycles. The molecule has 1 aliphatic carbocycles. The third-order valence-electron chi connectivity index (χ3n) is 7.54. The second-order valence-corrected chi connectivity index (χ2v) is 10.5. The summed E-state index contributed by atoms with van der Waals surface area (Å²) < 4.78 is 35.4. The summed E-state index contributed by atoms with van der Waals surface area (Å²) in [5.41, 5.74) is 2.29. The Labute approximate surface area is 231 Å². The molecule has 1 N–H and O–H groups in total. The summed E-state index contributed by atoms with van der Waals surface area (Å²) in [5.74, 6) is -0.424. The Kier molecular flexibility index (Phi) is 6.83. The van der Waals surface area contributed by atoms with Gasteiger partial charge >= 0.3 is 5.69 Å². The number of nitrogens with one attached hydrogen (secondary N) is 1. The van der Waals surface area contributed by atoms with Crippen LogP contribution in [0.3, 0.4) is 0 Å². The number of alkyl halides is 2. The van der Waals surface area contributed by atoms with Crippen LogP contribution in [-0.2, 0) is 6.54 Å². The van der Waals surface area contributed by atoms with Crippen LogP contribution in [0.2, 0.25) is 5.02 Å². The fraction of sp³-hybridized carbons (Fsp3) is 0.321. The van der Waals surface area contributed by atoms with Gasteiger partial charge in [-0.05, 0) is 68.9 Å². The molecule has 1 saturated carbocycles. The maximum absolute atomic E-state index is 13.7. The lowest BCUT2D eigenvalue weighted by Crippen LogP contribution is -2.39. The van der Waals surface area contributed by atoms with E-state index in [1.54, 1.807) is 27.5 Å². The lowest BCUT2D eigenvalue weighted by Gasteiger charge is -2.29. The number of carbonyl (C=O) groups excluding carboxylic acids is 1. The zero-order chi connectivity index (χ0) is 28.0. The van der Waals surface area contributed by atoms with Gasteiger partial charge in [0.05, 0.1) is 27.5 Å². The predicted molar refractivity (Wildman–Crippen MR) is 145 cm³/mol. The number of carbonyl (C=O) groups is 1. The van der Waals surface area contributed by atoms with Crippen LogP contribution in [0.4, 0.5) is 8.78 Å². The molecule has 9 nitrogen and oxygen atoms in total. The zero-order valence-electron chi connectivity index (χ0n) is 21.5. The highest BCUT2D eigenvalue weighted by atomic mass is 35.5. The molecule has 206 valence electrons. The molecular weight excluding hydrogens is 542 g/mol. The maximum atomic E-state index is 13.7. The molecule has 12 heteroatoms. The summed E-state index contributed by atoms with van der Waals surface area (Å²) in [7, 11) is 0. The molecule has 4 heterocycles. The van der Waals surface area contributed by atoms with Crippen LogP contribution in [0, 0.1) is 12.8 Å². The van der Waals surface area contributed by atoms with Gasteiger partial charge in [-0.25, -0.2) is 23.1 Å². The van der Waals surface area contributed by atoms with E-state index in [9.17, 15) is 18.4 Å². The first-order valence-corrected chi connectivity index (χ1v) is 13.3. The topological polar surface area (TPSA) is 108 Å². The van der Waals surface area contributed by atoms with Crippen molar-refractivity contribution in [2.24, 2.45) is 5.92 Å². The number of hydrogen-bond acceptors (Lipinski definition) is 6. The molecule has 0 aliphatic heterocycles. The zero-order valence-corrected chi connectivity index (χ0v) is 22.2. The Morgan fingerprint density at radius 3 is 2.75 bits per heavy atom. The molecule has 0 saturated heterocycles. The van der Waals surface area contributed by atoms with E-state index in [4.69, 9.17) is 16.1 Å². The number of pyridine rings is 2. The molecule has 0 radical (unpaired) electrons. The van der Waals surface area contributed by atoms with E-state index in [2.05, 4.69) is 20.4 Å². The number of benzene rings is 1. The van der Waals surface area contributed by atoms with E-state index in [0.29, 0.717) is 36.3 Å². The maximum Gasteiger partial charge on any atom is 0.334 e. The number of halogens is 3. The minimum absolute atomic E-state index is 0.119. The van der Waals surface area contributed by atoms with Gasteiger partial charge in [-0.1, -0.05) is 16.8 Å². The first-order valence-electron chi connectivity index (χ1n) is 13.0. The molecule has 0 unspecified atom stereocenters. The predicted octanol–water partition coefficient (Wildman–Crippen LogP) is 5.61. The second-order valence-electron chi connectivity index (χ2n) is 10.1. The van der Waals surface area contributed by atoms with Crippen LogP contribution in [0.15, 0.2) is 58.1 Å². The molecule has 1 amide bonds. The Balaban J connectivity index is 1.19. The van der Waals surface area contributed by atoms with Crippen LogP contribution < -0.4 is 11.0 Å². The number of imidazole rings is 1. The summed E-state index contributed by atoms with van der Waals surface area (Å²) in [6, 6.07) is 10.2.